The van der Waals surface area contributed by atoms with Crippen molar-refractivity contribution in [3.63, 3.8) is 0 Å². The Hall–Kier alpha value is -2.07. The first-order valence-electron chi connectivity index (χ1n) is 6.84. The minimum atomic E-state index is -0.00750. The molecule has 1 amide bonds. The first-order valence-corrected chi connectivity index (χ1v) is 6.84. The van der Waals surface area contributed by atoms with Crippen molar-refractivity contribution in [1.82, 2.24) is 4.90 Å². The molecular formula is C16H17NO3. The predicted molar refractivity (Wildman–Crippen MR) is 75.3 cm³/mol. The molecule has 0 radical (unpaired) electrons. The van der Waals surface area contributed by atoms with Crippen LogP contribution in [0.3, 0.4) is 0 Å². The number of aliphatic hydroxyl groups excluding tert-OH is 1. The lowest BCUT2D eigenvalue weighted by atomic mass is 10.1. The number of carbonyl (C=O) groups excluding carboxylic acids is 1. The highest BCUT2D eigenvalue weighted by atomic mass is 16.3. The van der Waals surface area contributed by atoms with Crippen LogP contribution < -0.4 is 0 Å². The Morgan fingerprint density at radius 3 is 2.80 bits per heavy atom. The van der Waals surface area contributed by atoms with Gasteiger partial charge >= 0.3 is 0 Å². The first kappa shape index (κ1) is 12.9. The summed E-state index contributed by atoms with van der Waals surface area (Å²) in [5.41, 5.74) is 2.58. The maximum atomic E-state index is 12.5. The largest absolute Gasteiger partial charge is 0.472 e. The molecule has 1 aliphatic rings. The van der Waals surface area contributed by atoms with Crippen molar-refractivity contribution in [2.24, 2.45) is 0 Å². The number of carbonyl (C=O) groups is 1. The van der Waals surface area contributed by atoms with Crippen molar-refractivity contribution in [2.75, 3.05) is 13.2 Å². The maximum absolute atomic E-state index is 12.5. The zero-order chi connectivity index (χ0) is 13.9. The Morgan fingerprint density at radius 2 is 2.15 bits per heavy atom. The van der Waals surface area contributed by atoms with Crippen molar-refractivity contribution in [3.8, 4) is 11.1 Å². The summed E-state index contributed by atoms with van der Waals surface area (Å²) in [6.45, 7) is 0.406. The third kappa shape index (κ3) is 2.60. The lowest BCUT2D eigenvalue weighted by Crippen LogP contribution is -2.35. The minimum Gasteiger partial charge on any atom is -0.472 e. The van der Waals surface area contributed by atoms with Crippen molar-refractivity contribution in [1.29, 1.82) is 0 Å². The highest BCUT2D eigenvalue weighted by Gasteiger charge is 2.32. The summed E-state index contributed by atoms with van der Waals surface area (Å²) in [6.07, 6.45) is 5.35. The van der Waals surface area contributed by atoms with Crippen LogP contribution in [0, 0.1) is 0 Å². The topological polar surface area (TPSA) is 53.7 Å². The Labute approximate surface area is 117 Å². The summed E-state index contributed by atoms with van der Waals surface area (Å²) >= 11 is 0. The fourth-order valence-electron chi connectivity index (χ4n) is 2.37. The number of amides is 1. The molecule has 1 aliphatic carbocycles. The number of benzene rings is 1. The molecule has 0 unspecified atom stereocenters. The Balaban J connectivity index is 1.85. The van der Waals surface area contributed by atoms with Crippen molar-refractivity contribution < 1.29 is 14.3 Å². The number of rotatable bonds is 5. The molecule has 0 saturated heterocycles. The van der Waals surface area contributed by atoms with Crippen LogP contribution in [0.15, 0.2) is 47.3 Å². The van der Waals surface area contributed by atoms with Crippen LogP contribution in [-0.2, 0) is 0 Å². The van der Waals surface area contributed by atoms with E-state index in [1.54, 1.807) is 17.4 Å². The molecule has 2 aromatic rings. The summed E-state index contributed by atoms with van der Waals surface area (Å²) in [5.74, 6) is -0.00750. The Bertz CT molecular complexity index is 588. The van der Waals surface area contributed by atoms with Gasteiger partial charge in [0.15, 0.2) is 0 Å². The minimum absolute atomic E-state index is 0.00363. The van der Waals surface area contributed by atoms with E-state index in [0.29, 0.717) is 18.2 Å². The molecular weight excluding hydrogens is 254 g/mol. The van der Waals surface area contributed by atoms with E-state index in [9.17, 15) is 4.79 Å². The van der Waals surface area contributed by atoms with Crippen LogP contribution in [0.1, 0.15) is 23.2 Å². The van der Waals surface area contributed by atoms with E-state index >= 15 is 0 Å². The number of hydrogen-bond acceptors (Lipinski definition) is 3. The van der Waals surface area contributed by atoms with Crippen LogP contribution in [-0.4, -0.2) is 35.1 Å². The summed E-state index contributed by atoms with van der Waals surface area (Å²) in [4.78, 5) is 14.3. The van der Waals surface area contributed by atoms with Gasteiger partial charge in [-0.2, -0.15) is 0 Å². The van der Waals surface area contributed by atoms with Gasteiger partial charge in [0.05, 0.1) is 19.1 Å². The average Bonchev–Trinajstić information content (AvgIpc) is 3.17. The van der Waals surface area contributed by atoms with Gasteiger partial charge < -0.3 is 14.4 Å². The second-order valence-corrected chi connectivity index (χ2v) is 5.05. The van der Waals surface area contributed by atoms with Crippen molar-refractivity contribution in [3.05, 3.63) is 48.4 Å². The maximum Gasteiger partial charge on any atom is 0.254 e. The first-order chi connectivity index (χ1) is 9.79. The Morgan fingerprint density at radius 1 is 1.30 bits per heavy atom. The standard InChI is InChI=1S/C16H17NO3/c18-8-7-17(15-4-5-15)16(19)13-3-1-2-12(10-13)14-6-9-20-11-14/h1-3,6,9-11,15,18H,4-5,7-8H2. The van der Waals surface area contributed by atoms with E-state index in [1.165, 1.54) is 0 Å². The van der Waals surface area contributed by atoms with Crippen LogP contribution in [0.25, 0.3) is 11.1 Å². The molecule has 4 heteroatoms. The third-order valence-electron chi connectivity index (χ3n) is 3.55. The number of aliphatic hydroxyl groups is 1. The second kappa shape index (κ2) is 5.51. The summed E-state index contributed by atoms with van der Waals surface area (Å²) < 4.78 is 5.08. The molecule has 0 bridgehead atoms. The normalized spacial score (nSPS) is 14.2. The molecule has 1 aromatic carbocycles. The summed E-state index contributed by atoms with van der Waals surface area (Å²) in [5, 5.41) is 9.11. The van der Waals surface area contributed by atoms with Gasteiger partial charge in [-0.05, 0) is 36.6 Å². The number of hydrogen-bond donors (Lipinski definition) is 1. The number of nitrogens with zero attached hydrogens (tertiary/aromatic N) is 1. The smallest absolute Gasteiger partial charge is 0.254 e. The van der Waals surface area contributed by atoms with Gasteiger partial charge in [0.1, 0.15) is 0 Å². The van der Waals surface area contributed by atoms with E-state index in [1.807, 2.05) is 30.3 Å². The fourth-order valence-corrected chi connectivity index (χ4v) is 2.37. The summed E-state index contributed by atoms with van der Waals surface area (Å²) in [6, 6.07) is 9.69. The van der Waals surface area contributed by atoms with Gasteiger partial charge in [0.2, 0.25) is 0 Å². The highest BCUT2D eigenvalue weighted by molar-refractivity contribution is 5.95. The monoisotopic (exact) mass is 271 g/mol. The van der Waals surface area contributed by atoms with Crippen LogP contribution in [0.2, 0.25) is 0 Å². The van der Waals surface area contributed by atoms with E-state index in [-0.39, 0.29) is 12.5 Å². The third-order valence-corrected chi connectivity index (χ3v) is 3.55. The SMILES string of the molecule is O=C(c1cccc(-c2ccoc2)c1)N(CCO)C1CC1. The quantitative estimate of drug-likeness (QED) is 0.909. The van der Waals surface area contributed by atoms with Crippen LogP contribution in [0.5, 0.6) is 0 Å². The lowest BCUT2D eigenvalue weighted by Gasteiger charge is -2.21. The molecule has 0 atom stereocenters. The average molecular weight is 271 g/mol. The molecule has 20 heavy (non-hydrogen) atoms. The van der Waals surface area contributed by atoms with E-state index in [0.717, 1.165) is 24.0 Å². The van der Waals surface area contributed by atoms with Gasteiger partial charge in [-0.1, -0.05) is 12.1 Å². The molecule has 1 heterocycles. The zero-order valence-corrected chi connectivity index (χ0v) is 11.2. The predicted octanol–water partition coefficient (Wildman–Crippen LogP) is 2.54. The lowest BCUT2D eigenvalue weighted by molar-refractivity contribution is 0.0707. The molecule has 3 rings (SSSR count). The molecule has 104 valence electrons. The molecule has 1 fully saturated rings. The molecule has 0 spiro atoms. The Kier molecular flexibility index (Phi) is 3.56. The van der Waals surface area contributed by atoms with Gasteiger partial charge in [-0.3, -0.25) is 4.79 Å². The fraction of sp³-hybridized carbons (Fsp3) is 0.312. The van der Waals surface area contributed by atoms with Crippen molar-refractivity contribution in [2.45, 2.75) is 18.9 Å². The van der Waals surface area contributed by atoms with E-state index < -0.39 is 0 Å². The van der Waals surface area contributed by atoms with Gasteiger partial charge in [0, 0.05) is 23.7 Å². The second-order valence-electron chi connectivity index (χ2n) is 5.05. The van der Waals surface area contributed by atoms with Crippen LogP contribution in [0.4, 0.5) is 0 Å². The van der Waals surface area contributed by atoms with Gasteiger partial charge in [-0.15, -0.1) is 0 Å². The molecule has 1 saturated carbocycles. The number of furan rings is 1. The highest BCUT2D eigenvalue weighted by Crippen LogP contribution is 2.29. The van der Waals surface area contributed by atoms with E-state index in [4.69, 9.17) is 9.52 Å². The summed E-state index contributed by atoms with van der Waals surface area (Å²) in [7, 11) is 0. The molecule has 1 N–H and O–H groups in total. The molecule has 4 nitrogen and oxygen atoms in total. The molecule has 1 aromatic heterocycles. The van der Waals surface area contributed by atoms with Gasteiger partial charge in [-0.25, -0.2) is 0 Å². The van der Waals surface area contributed by atoms with Crippen LogP contribution >= 0.6 is 0 Å². The van der Waals surface area contributed by atoms with Crippen molar-refractivity contribution >= 4 is 5.91 Å². The van der Waals surface area contributed by atoms with E-state index in [2.05, 4.69) is 0 Å². The molecule has 0 aliphatic heterocycles. The zero-order valence-electron chi connectivity index (χ0n) is 11.2. The van der Waals surface area contributed by atoms with Gasteiger partial charge in [0.25, 0.3) is 5.91 Å².